The minimum Gasteiger partial charge on any atom is -0.491 e. The van der Waals surface area contributed by atoms with E-state index in [1.807, 2.05) is 30.3 Å². The molecule has 1 saturated heterocycles. The van der Waals surface area contributed by atoms with Gasteiger partial charge in [0.1, 0.15) is 18.0 Å². The van der Waals surface area contributed by atoms with Crippen molar-refractivity contribution in [3.05, 3.63) is 60.2 Å². The molecule has 1 aliphatic rings. The highest BCUT2D eigenvalue weighted by molar-refractivity contribution is 5.41. The van der Waals surface area contributed by atoms with E-state index in [9.17, 15) is 5.11 Å². The van der Waals surface area contributed by atoms with Gasteiger partial charge in [0.15, 0.2) is 0 Å². The van der Waals surface area contributed by atoms with Gasteiger partial charge in [-0.15, -0.1) is 0 Å². The summed E-state index contributed by atoms with van der Waals surface area (Å²) in [5, 5.41) is 10.7. The summed E-state index contributed by atoms with van der Waals surface area (Å²) in [5.41, 5.74) is 6.95. The molecule has 1 aliphatic heterocycles. The Bertz CT molecular complexity index is 605. The Morgan fingerprint density at radius 1 is 1.00 bits per heavy atom. The zero-order valence-corrected chi connectivity index (χ0v) is 13.3. The van der Waals surface area contributed by atoms with E-state index in [1.165, 1.54) is 5.56 Å². The first-order chi connectivity index (χ1) is 11.1. The van der Waals surface area contributed by atoms with Crippen molar-refractivity contribution in [2.45, 2.75) is 25.0 Å². The van der Waals surface area contributed by atoms with Crippen LogP contribution in [0.3, 0.4) is 0 Å². The van der Waals surface area contributed by atoms with Crippen LogP contribution in [0.2, 0.25) is 0 Å². The summed E-state index contributed by atoms with van der Waals surface area (Å²) in [6.45, 7) is 3.04. The van der Waals surface area contributed by atoms with Crippen molar-refractivity contribution in [2.24, 2.45) is 0 Å². The standard InChI is InChI=1S/C19H24N2O2/c20-17-6-8-18(9-7-17)23-15-19(22)10-12-21(13-11-19)14-16-4-2-1-3-5-16/h1-9,22H,10-15,20H2. The molecular formula is C19H24N2O2. The fourth-order valence-electron chi connectivity index (χ4n) is 2.90. The van der Waals surface area contributed by atoms with E-state index in [0.717, 1.165) is 38.2 Å². The molecule has 4 nitrogen and oxygen atoms in total. The average Bonchev–Trinajstić information content (AvgIpc) is 2.58. The van der Waals surface area contributed by atoms with E-state index in [0.29, 0.717) is 12.3 Å². The Balaban J connectivity index is 1.48. The van der Waals surface area contributed by atoms with Crippen LogP contribution >= 0.6 is 0 Å². The van der Waals surface area contributed by atoms with E-state index in [2.05, 4.69) is 29.2 Å². The third kappa shape index (κ3) is 4.47. The fourth-order valence-corrected chi connectivity index (χ4v) is 2.90. The van der Waals surface area contributed by atoms with Crippen LogP contribution in [0.4, 0.5) is 5.69 Å². The second-order valence-electron chi connectivity index (χ2n) is 6.34. The molecule has 3 rings (SSSR count). The SMILES string of the molecule is Nc1ccc(OCC2(O)CCN(Cc3ccccc3)CC2)cc1. The van der Waals surface area contributed by atoms with Crippen molar-refractivity contribution >= 4 is 5.69 Å². The maximum Gasteiger partial charge on any atom is 0.119 e. The Labute approximate surface area is 137 Å². The predicted molar refractivity (Wildman–Crippen MR) is 92.3 cm³/mol. The lowest BCUT2D eigenvalue weighted by atomic mass is 9.92. The summed E-state index contributed by atoms with van der Waals surface area (Å²) >= 11 is 0. The Kier molecular flexibility index (Phi) is 4.84. The number of hydrogen-bond donors (Lipinski definition) is 2. The molecule has 1 fully saturated rings. The highest BCUT2D eigenvalue weighted by atomic mass is 16.5. The van der Waals surface area contributed by atoms with Gasteiger partial charge in [0.05, 0.1) is 0 Å². The first-order valence-electron chi connectivity index (χ1n) is 8.10. The van der Waals surface area contributed by atoms with E-state index >= 15 is 0 Å². The highest BCUT2D eigenvalue weighted by Crippen LogP contribution is 2.25. The van der Waals surface area contributed by atoms with E-state index in [4.69, 9.17) is 10.5 Å². The van der Waals surface area contributed by atoms with Crippen LogP contribution < -0.4 is 10.5 Å². The number of nitrogens with two attached hydrogens (primary N) is 1. The van der Waals surface area contributed by atoms with E-state index < -0.39 is 5.60 Å². The highest BCUT2D eigenvalue weighted by Gasteiger charge is 2.33. The number of anilines is 1. The van der Waals surface area contributed by atoms with Crippen LogP contribution in [0, 0.1) is 0 Å². The molecule has 122 valence electrons. The third-order valence-electron chi connectivity index (χ3n) is 4.42. The molecule has 0 radical (unpaired) electrons. The van der Waals surface area contributed by atoms with Crippen LogP contribution in [0.5, 0.6) is 5.75 Å². The number of benzene rings is 2. The summed E-state index contributed by atoms with van der Waals surface area (Å²) in [6.07, 6.45) is 1.46. The molecule has 23 heavy (non-hydrogen) atoms. The number of hydrogen-bond acceptors (Lipinski definition) is 4. The van der Waals surface area contributed by atoms with Gasteiger partial charge in [0, 0.05) is 25.3 Å². The molecule has 0 atom stereocenters. The Morgan fingerprint density at radius 3 is 2.30 bits per heavy atom. The van der Waals surface area contributed by atoms with Gasteiger partial charge in [-0.05, 0) is 42.7 Å². The molecule has 1 heterocycles. The van der Waals surface area contributed by atoms with Gasteiger partial charge in [0.25, 0.3) is 0 Å². The van der Waals surface area contributed by atoms with Gasteiger partial charge < -0.3 is 15.6 Å². The smallest absolute Gasteiger partial charge is 0.119 e. The predicted octanol–water partition coefficient (Wildman–Crippen LogP) is 2.67. The normalized spacial score (nSPS) is 17.8. The molecule has 0 spiro atoms. The lowest BCUT2D eigenvalue weighted by molar-refractivity contribution is -0.0537. The molecule has 0 aromatic heterocycles. The van der Waals surface area contributed by atoms with E-state index in [-0.39, 0.29) is 0 Å². The number of rotatable bonds is 5. The van der Waals surface area contributed by atoms with Gasteiger partial charge >= 0.3 is 0 Å². The molecule has 0 saturated carbocycles. The summed E-state index contributed by atoms with van der Waals surface area (Å²) < 4.78 is 5.73. The summed E-state index contributed by atoms with van der Waals surface area (Å²) in [4.78, 5) is 2.38. The minimum atomic E-state index is -0.741. The number of nitrogen functional groups attached to an aromatic ring is 1. The van der Waals surface area contributed by atoms with Crippen molar-refractivity contribution in [1.82, 2.24) is 4.90 Å². The van der Waals surface area contributed by atoms with Crippen LogP contribution in [0.15, 0.2) is 54.6 Å². The molecule has 0 amide bonds. The van der Waals surface area contributed by atoms with Crippen molar-refractivity contribution in [3.63, 3.8) is 0 Å². The van der Waals surface area contributed by atoms with Crippen LogP contribution in [-0.2, 0) is 6.54 Å². The van der Waals surface area contributed by atoms with Gasteiger partial charge in [-0.2, -0.15) is 0 Å². The van der Waals surface area contributed by atoms with E-state index in [1.54, 1.807) is 0 Å². The van der Waals surface area contributed by atoms with Gasteiger partial charge in [0.2, 0.25) is 0 Å². The van der Waals surface area contributed by atoms with Gasteiger partial charge in [-0.3, -0.25) is 4.90 Å². The summed E-state index contributed by atoms with van der Waals surface area (Å²) in [7, 11) is 0. The van der Waals surface area contributed by atoms with Crippen LogP contribution in [0.1, 0.15) is 18.4 Å². The second-order valence-corrected chi connectivity index (χ2v) is 6.34. The van der Waals surface area contributed by atoms with Crippen molar-refractivity contribution < 1.29 is 9.84 Å². The molecule has 2 aromatic rings. The summed E-state index contributed by atoms with van der Waals surface area (Å²) in [5.74, 6) is 0.749. The number of ether oxygens (including phenoxy) is 1. The number of piperidine rings is 1. The van der Waals surface area contributed by atoms with Crippen molar-refractivity contribution in [1.29, 1.82) is 0 Å². The number of likely N-dealkylation sites (tertiary alicyclic amines) is 1. The molecule has 4 heteroatoms. The lowest BCUT2D eigenvalue weighted by Crippen LogP contribution is -2.47. The quantitative estimate of drug-likeness (QED) is 0.833. The largest absolute Gasteiger partial charge is 0.491 e. The Morgan fingerprint density at radius 2 is 1.65 bits per heavy atom. The molecule has 3 N–H and O–H groups in total. The zero-order valence-electron chi connectivity index (χ0n) is 13.3. The molecule has 0 unspecified atom stereocenters. The van der Waals surface area contributed by atoms with Gasteiger partial charge in [-0.25, -0.2) is 0 Å². The molecule has 2 aromatic carbocycles. The lowest BCUT2D eigenvalue weighted by Gasteiger charge is -2.38. The van der Waals surface area contributed by atoms with Crippen molar-refractivity contribution in [2.75, 3.05) is 25.4 Å². The monoisotopic (exact) mass is 312 g/mol. The second kappa shape index (κ2) is 7.02. The first-order valence-corrected chi connectivity index (χ1v) is 8.10. The fraction of sp³-hybridized carbons (Fsp3) is 0.368. The van der Waals surface area contributed by atoms with Gasteiger partial charge in [-0.1, -0.05) is 30.3 Å². The maximum atomic E-state index is 10.7. The Hall–Kier alpha value is -2.04. The first kappa shape index (κ1) is 15.8. The molecule has 0 bridgehead atoms. The van der Waals surface area contributed by atoms with Crippen molar-refractivity contribution in [3.8, 4) is 5.75 Å². The third-order valence-corrected chi connectivity index (χ3v) is 4.42. The zero-order chi connectivity index (χ0) is 16.1. The molecule has 0 aliphatic carbocycles. The number of aliphatic hydroxyl groups is 1. The number of nitrogens with zero attached hydrogens (tertiary/aromatic N) is 1. The maximum absolute atomic E-state index is 10.7. The van der Waals surface area contributed by atoms with Crippen LogP contribution in [0.25, 0.3) is 0 Å². The van der Waals surface area contributed by atoms with Crippen LogP contribution in [-0.4, -0.2) is 35.3 Å². The molecular weight excluding hydrogens is 288 g/mol. The minimum absolute atomic E-state index is 0.329. The average molecular weight is 312 g/mol. The summed E-state index contributed by atoms with van der Waals surface area (Å²) in [6, 6.07) is 17.7. The topological polar surface area (TPSA) is 58.7 Å².